The van der Waals surface area contributed by atoms with Gasteiger partial charge in [0, 0.05) is 57.1 Å². The van der Waals surface area contributed by atoms with Gasteiger partial charge in [0.25, 0.3) is 0 Å². The number of piperazine rings is 1. The van der Waals surface area contributed by atoms with Gasteiger partial charge in [-0.15, -0.1) is 0 Å². The van der Waals surface area contributed by atoms with Crippen molar-refractivity contribution in [3.63, 3.8) is 0 Å². The Kier molecular flexibility index (Phi) is 9.34. The molecule has 2 aliphatic heterocycles. The van der Waals surface area contributed by atoms with Crippen LogP contribution in [0, 0.1) is 0 Å². The zero-order valence-electron chi connectivity index (χ0n) is 24.6. The number of hydrogen-bond acceptors (Lipinski definition) is 10. The first-order chi connectivity index (χ1) is 21.2. The number of piperidine rings is 1. The summed E-state index contributed by atoms with van der Waals surface area (Å²) in [5.74, 6) is 1.37. The molecule has 0 spiro atoms. The van der Waals surface area contributed by atoms with Crippen LogP contribution in [0.5, 0.6) is 5.75 Å². The highest BCUT2D eigenvalue weighted by Crippen LogP contribution is 2.37. The number of hydrogen-bond donors (Lipinski definition) is 2. The fourth-order valence-electron chi connectivity index (χ4n) is 5.97. The molecule has 0 bridgehead atoms. The third kappa shape index (κ3) is 6.84. The van der Waals surface area contributed by atoms with E-state index in [0.717, 1.165) is 57.8 Å². The van der Waals surface area contributed by atoms with Gasteiger partial charge in [0.15, 0.2) is 0 Å². The first kappa shape index (κ1) is 31.1. The number of nitrogens with zero attached hydrogens (tertiary/aromatic N) is 5. The van der Waals surface area contributed by atoms with Gasteiger partial charge in [-0.25, -0.2) is 13.4 Å². The smallest absolute Gasteiger partial charge is 0.233 e. The van der Waals surface area contributed by atoms with E-state index in [1.807, 2.05) is 18.2 Å². The molecule has 232 valence electrons. The maximum atomic E-state index is 12.4. The molecular weight excluding hydrogens is 713 g/mol. The summed E-state index contributed by atoms with van der Waals surface area (Å²) in [6, 6.07) is 18.9. The lowest BCUT2D eigenvalue weighted by molar-refractivity contribution is 0.0982. The molecule has 4 aromatic rings. The van der Waals surface area contributed by atoms with Crippen LogP contribution in [0.2, 0.25) is 5.02 Å². The minimum atomic E-state index is -3.52. The molecule has 2 aliphatic rings. The van der Waals surface area contributed by atoms with Gasteiger partial charge >= 0.3 is 0 Å². The van der Waals surface area contributed by atoms with Crippen molar-refractivity contribution in [2.45, 2.75) is 23.8 Å². The number of likely N-dealkylation sites (N-methyl/N-ethyl adjacent to an activating group) is 1. The van der Waals surface area contributed by atoms with E-state index in [1.54, 1.807) is 37.4 Å². The van der Waals surface area contributed by atoms with E-state index >= 15 is 0 Å². The molecule has 0 aliphatic carbocycles. The number of benzene rings is 3. The molecule has 0 radical (unpaired) electrons. The van der Waals surface area contributed by atoms with Gasteiger partial charge in [0.1, 0.15) is 16.5 Å². The van der Waals surface area contributed by atoms with Gasteiger partial charge in [-0.3, -0.25) is 4.90 Å². The second-order valence-electron chi connectivity index (χ2n) is 11.2. The highest BCUT2D eigenvalue weighted by Gasteiger charge is 2.27. The summed E-state index contributed by atoms with van der Waals surface area (Å²) in [5.41, 5.74) is 2.83. The van der Waals surface area contributed by atoms with Crippen LogP contribution < -0.4 is 20.3 Å². The average molecular weight is 748 g/mol. The van der Waals surface area contributed by atoms with Crippen LogP contribution in [0.1, 0.15) is 12.8 Å². The first-order valence-electron chi connectivity index (χ1n) is 14.6. The minimum absolute atomic E-state index is 0.152. The zero-order chi connectivity index (χ0) is 30.8. The van der Waals surface area contributed by atoms with E-state index in [2.05, 4.69) is 44.5 Å². The van der Waals surface area contributed by atoms with Crippen LogP contribution in [0.4, 0.5) is 28.8 Å². The maximum absolute atomic E-state index is 12.4. The molecule has 0 amide bonds. The van der Waals surface area contributed by atoms with Crippen molar-refractivity contribution >= 4 is 79.5 Å². The number of halogens is 2. The molecule has 2 saturated heterocycles. The molecule has 10 nitrogen and oxygen atoms in total. The number of anilines is 5. The third-order valence-corrected chi connectivity index (χ3v) is 11.0. The Hall–Kier alpha value is -2.91. The Bertz CT molecular complexity index is 1760. The van der Waals surface area contributed by atoms with Crippen LogP contribution in [0.3, 0.4) is 0 Å². The van der Waals surface area contributed by atoms with Crippen molar-refractivity contribution in [3.05, 3.63) is 65.7 Å². The quantitative estimate of drug-likeness (QED) is 0.162. The van der Waals surface area contributed by atoms with E-state index in [-0.39, 0.29) is 4.90 Å². The number of nitrogens with one attached hydrogen (secondary N) is 2. The fourth-order valence-corrected chi connectivity index (χ4v) is 8.01. The molecule has 1 aromatic heterocycles. The Morgan fingerprint density at radius 1 is 0.909 bits per heavy atom. The van der Waals surface area contributed by atoms with E-state index in [0.29, 0.717) is 50.9 Å². The van der Waals surface area contributed by atoms with E-state index in [1.165, 1.54) is 21.2 Å². The first-order valence-corrected chi connectivity index (χ1v) is 19.0. The monoisotopic (exact) mass is 747 g/mol. The Morgan fingerprint density at radius 2 is 1.66 bits per heavy atom. The topological polar surface area (TPSA) is 103 Å². The van der Waals surface area contributed by atoms with Crippen molar-refractivity contribution in [1.29, 1.82) is 0 Å². The Labute approximate surface area is 275 Å². The summed E-state index contributed by atoms with van der Waals surface area (Å²) in [6.45, 7) is 6.60. The highest BCUT2D eigenvalue weighted by atomic mass is 127. The van der Waals surface area contributed by atoms with Crippen molar-refractivity contribution in [3.8, 4) is 5.75 Å². The highest BCUT2D eigenvalue weighted by molar-refractivity contribution is 14.2. The second kappa shape index (κ2) is 13.2. The van der Waals surface area contributed by atoms with Crippen LogP contribution in [-0.4, -0.2) is 87.7 Å². The SMILES string of the molecule is COc1cc(N2CCC(N3CCN(C)CC3)CC2)ccc1Nc1nc(Nc2ccccc2S(=O)(=O)I)c2c(Cl)cccc2n1. The normalized spacial score (nSPS) is 17.1. The molecule has 0 saturated carbocycles. The van der Waals surface area contributed by atoms with Gasteiger partial charge in [-0.2, -0.15) is 4.98 Å². The molecule has 13 heteroatoms. The summed E-state index contributed by atoms with van der Waals surface area (Å²) in [4.78, 5) is 17.1. The van der Waals surface area contributed by atoms with Gasteiger partial charge in [-0.05, 0) is 56.3 Å². The number of aromatic nitrogens is 2. The van der Waals surface area contributed by atoms with Gasteiger partial charge in [0.05, 0.1) is 55.6 Å². The van der Waals surface area contributed by atoms with Gasteiger partial charge < -0.3 is 25.2 Å². The van der Waals surface area contributed by atoms with Crippen molar-refractivity contribution < 1.29 is 13.2 Å². The van der Waals surface area contributed by atoms with Crippen LogP contribution in [-0.2, 0) is 7.01 Å². The molecular formula is C31H35ClIN7O3S. The molecule has 3 heterocycles. The lowest BCUT2D eigenvalue weighted by atomic mass is 10.0. The molecule has 6 rings (SSSR count). The summed E-state index contributed by atoms with van der Waals surface area (Å²) >= 11 is 8.01. The lowest BCUT2D eigenvalue weighted by Crippen LogP contribution is -2.52. The van der Waals surface area contributed by atoms with Crippen molar-refractivity contribution in [1.82, 2.24) is 19.8 Å². The molecule has 2 fully saturated rings. The largest absolute Gasteiger partial charge is 0.494 e. The number of fused-ring (bicyclic) bond motifs is 1. The predicted molar refractivity (Wildman–Crippen MR) is 186 cm³/mol. The minimum Gasteiger partial charge on any atom is -0.494 e. The number of rotatable bonds is 8. The maximum Gasteiger partial charge on any atom is 0.233 e. The summed E-state index contributed by atoms with van der Waals surface area (Å²) in [7, 11) is 0.333. The van der Waals surface area contributed by atoms with Crippen LogP contribution in [0.25, 0.3) is 10.9 Å². The standard InChI is InChI=1S/C31H35ClIN7O3S/c1-38-16-18-40(19-17-38)21-12-14-39(15-13-21)22-10-11-24(27(20-22)43-2)35-31-36-26-8-5-6-23(32)29(26)30(37-31)34-25-7-3-4-9-28(25)44(33,41)42/h3-11,20-21H,12-19H2,1-2H3,(H2,34,35,36,37). The molecule has 2 N–H and O–H groups in total. The van der Waals surface area contributed by atoms with E-state index < -0.39 is 7.01 Å². The fraction of sp³-hybridized carbons (Fsp3) is 0.355. The van der Waals surface area contributed by atoms with Crippen molar-refractivity contribution in [2.24, 2.45) is 0 Å². The number of methoxy groups -OCH3 is 1. The summed E-state index contributed by atoms with van der Waals surface area (Å²) in [5, 5.41) is 7.54. The Balaban J connectivity index is 1.24. The van der Waals surface area contributed by atoms with Crippen LogP contribution in [0.15, 0.2) is 65.6 Å². The molecule has 44 heavy (non-hydrogen) atoms. The van der Waals surface area contributed by atoms with Gasteiger partial charge in [-0.1, -0.05) is 29.8 Å². The molecule has 0 atom stereocenters. The van der Waals surface area contributed by atoms with Gasteiger partial charge in [0.2, 0.25) is 13.0 Å². The lowest BCUT2D eigenvalue weighted by Gasteiger charge is -2.42. The van der Waals surface area contributed by atoms with Crippen molar-refractivity contribution in [2.75, 3.05) is 69.0 Å². The summed E-state index contributed by atoms with van der Waals surface area (Å²) in [6.07, 6.45) is 2.30. The van der Waals surface area contributed by atoms with E-state index in [4.69, 9.17) is 26.3 Å². The zero-order valence-corrected chi connectivity index (χ0v) is 28.4. The van der Waals surface area contributed by atoms with E-state index in [9.17, 15) is 8.42 Å². The Morgan fingerprint density at radius 3 is 2.39 bits per heavy atom. The third-order valence-electron chi connectivity index (χ3n) is 8.39. The average Bonchev–Trinajstić information content (AvgIpc) is 3.01. The molecule has 0 unspecified atom stereocenters. The molecule has 3 aromatic carbocycles. The predicted octanol–water partition coefficient (Wildman–Crippen LogP) is 6.12. The number of ether oxygens (including phenoxy) is 1. The van der Waals surface area contributed by atoms with Crippen LogP contribution >= 0.6 is 32.8 Å². The number of para-hydroxylation sites is 1. The summed E-state index contributed by atoms with van der Waals surface area (Å²) < 4.78 is 30.7. The second-order valence-corrected chi connectivity index (χ2v) is 16.4.